The molecule has 0 radical (unpaired) electrons. The Hall–Kier alpha value is -3.30. The van der Waals surface area contributed by atoms with Gasteiger partial charge in [-0.05, 0) is 67.4 Å². The second-order valence-electron chi connectivity index (χ2n) is 10.8. The van der Waals surface area contributed by atoms with Gasteiger partial charge in [0.25, 0.3) is 0 Å². The van der Waals surface area contributed by atoms with Crippen LogP contribution in [0.2, 0.25) is 0 Å². The van der Waals surface area contributed by atoms with Crippen molar-refractivity contribution in [2.45, 2.75) is 56.9 Å². The van der Waals surface area contributed by atoms with Gasteiger partial charge in [-0.3, -0.25) is 0 Å². The van der Waals surface area contributed by atoms with E-state index >= 15 is 0 Å². The lowest BCUT2D eigenvalue weighted by Gasteiger charge is -2.22. The first-order valence-corrected chi connectivity index (χ1v) is 14.3. The largest absolute Gasteiger partial charge is 0.352 e. The van der Waals surface area contributed by atoms with Gasteiger partial charge in [-0.15, -0.1) is 0 Å². The number of hydrogen-bond acceptors (Lipinski definition) is 6. The number of aromatic nitrogens is 4. The van der Waals surface area contributed by atoms with Crippen molar-refractivity contribution in [3.05, 3.63) is 72.1 Å². The van der Waals surface area contributed by atoms with Gasteiger partial charge in [0, 0.05) is 6.42 Å². The molecule has 39 heavy (non-hydrogen) atoms. The summed E-state index contributed by atoms with van der Waals surface area (Å²) in [7, 11) is 0. The number of rotatable bonds is 7. The molecule has 0 unspecified atom stereocenters. The van der Waals surface area contributed by atoms with Crippen molar-refractivity contribution in [3.8, 4) is 33.6 Å². The average Bonchev–Trinajstić information content (AvgIpc) is 3.81. The first kappa shape index (κ1) is 24.7. The fourth-order valence-electron chi connectivity index (χ4n) is 5.96. The third-order valence-electron chi connectivity index (χ3n) is 8.13. The molecule has 3 saturated heterocycles. The lowest BCUT2D eigenvalue weighted by molar-refractivity contribution is -0.177. The number of nitrogens with one attached hydrogen (secondary N) is 4. The molecule has 4 aromatic rings. The molecule has 8 heteroatoms. The Morgan fingerprint density at radius 2 is 1.31 bits per heavy atom. The number of ether oxygens (including phenoxy) is 2. The molecular weight excluding hydrogens is 488 g/mol. The third kappa shape index (κ3) is 5.30. The summed E-state index contributed by atoms with van der Waals surface area (Å²) in [6.45, 7) is 3.60. The van der Waals surface area contributed by atoms with E-state index in [1.54, 1.807) is 0 Å². The SMILES string of the molecule is c1cc(-c2cnc([C@@H]3CCCN3)[nH]2)ccc1-c1ccc(-c2[nH]c([C@@H]3CCCN3)nc2CC2OCCCO2)cc1. The first-order valence-electron chi connectivity index (χ1n) is 14.3. The van der Waals surface area contributed by atoms with Crippen LogP contribution in [0.1, 0.15) is 61.5 Å². The zero-order valence-corrected chi connectivity index (χ0v) is 22.2. The van der Waals surface area contributed by atoms with E-state index < -0.39 is 0 Å². The summed E-state index contributed by atoms with van der Waals surface area (Å²) >= 11 is 0. The minimum Gasteiger partial charge on any atom is -0.352 e. The van der Waals surface area contributed by atoms with Crippen LogP contribution in [-0.4, -0.2) is 52.5 Å². The maximum Gasteiger partial charge on any atom is 0.163 e. The van der Waals surface area contributed by atoms with E-state index in [1.165, 1.54) is 24.0 Å². The van der Waals surface area contributed by atoms with Gasteiger partial charge in [-0.2, -0.15) is 0 Å². The van der Waals surface area contributed by atoms with Crippen LogP contribution in [0.4, 0.5) is 0 Å². The second kappa shape index (κ2) is 11.1. The second-order valence-corrected chi connectivity index (χ2v) is 10.8. The summed E-state index contributed by atoms with van der Waals surface area (Å²) in [6.07, 6.45) is 7.94. The summed E-state index contributed by atoms with van der Waals surface area (Å²) in [5, 5.41) is 7.07. The minimum absolute atomic E-state index is 0.233. The number of aromatic amines is 2. The molecule has 3 fully saturated rings. The Morgan fingerprint density at radius 1 is 0.692 bits per heavy atom. The zero-order valence-electron chi connectivity index (χ0n) is 22.2. The molecule has 7 rings (SSSR count). The molecular formula is C31H36N6O2. The molecule has 2 aromatic heterocycles. The third-order valence-corrected chi connectivity index (χ3v) is 8.13. The predicted octanol–water partition coefficient (Wildman–Crippen LogP) is 5.29. The van der Waals surface area contributed by atoms with Crippen LogP contribution in [0.25, 0.3) is 33.6 Å². The Morgan fingerprint density at radius 3 is 1.95 bits per heavy atom. The molecule has 2 atom stereocenters. The first-order chi connectivity index (χ1) is 19.3. The maximum absolute atomic E-state index is 5.85. The molecule has 5 heterocycles. The highest BCUT2D eigenvalue weighted by Gasteiger charge is 2.25. The number of nitrogens with zero attached hydrogens (tertiary/aromatic N) is 2. The molecule has 202 valence electrons. The van der Waals surface area contributed by atoms with E-state index in [9.17, 15) is 0 Å². The molecule has 0 spiro atoms. The zero-order chi connectivity index (χ0) is 26.0. The molecule has 0 bridgehead atoms. The van der Waals surface area contributed by atoms with Gasteiger partial charge in [0.2, 0.25) is 0 Å². The van der Waals surface area contributed by atoms with Gasteiger partial charge >= 0.3 is 0 Å². The van der Waals surface area contributed by atoms with Gasteiger partial charge < -0.3 is 30.1 Å². The van der Waals surface area contributed by atoms with E-state index in [-0.39, 0.29) is 12.3 Å². The maximum atomic E-state index is 5.85. The van der Waals surface area contributed by atoms with Crippen molar-refractivity contribution in [1.29, 1.82) is 0 Å². The van der Waals surface area contributed by atoms with Gasteiger partial charge in [0.15, 0.2) is 6.29 Å². The van der Waals surface area contributed by atoms with Crippen LogP contribution in [0.5, 0.6) is 0 Å². The average molecular weight is 525 g/mol. The minimum atomic E-state index is -0.233. The van der Waals surface area contributed by atoms with Crippen LogP contribution in [0.3, 0.4) is 0 Å². The quantitative estimate of drug-likeness (QED) is 0.262. The molecule has 0 amide bonds. The predicted molar refractivity (Wildman–Crippen MR) is 151 cm³/mol. The van der Waals surface area contributed by atoms with Gasteiger partial charge in [0.05, 0.1) is 48.6 Å². The Kier molecular flexibility index (Phi) is 7.01. The van der Waals surface area contributed by atoms with Gasteiger partial charge in [-0.25, -0.2) is 9.97 Å². The van der Waals surface area contributed by atoms with Gasteiger partial charge in [0.1, 0.15) is 11.6 Å². The standard InChI is InChI=1S/C31H36N6O2/c1-4-24(32-14-1)30-34-19-27(36-30)22-10-6-20(7-11-22)21-8-12-23(13-9-21)29-26(18-28-38-16-3-17-39-28)35-31(37-29)25-5-2-15-33-25/h6-13,19,24-25,28,32-33H,1-5,14-18H2,(H,34,36)(H,35,37)/t24-,25-/m0/s1. The van der Waals surface area contributed by atoms with Crippen LogP contribution in [0, 0.1) is 0 Å². The van der Waals surface area contributed by atoms with Crippen LogP contribution >= 0.6 is 0 Å². The normalized spacial score (nSPS) is 22.1. The molecule has 4 N–H and O–H groups in total. The fraction of sp³-hybridized carbons (Fsp3) is 0.419. The summed E-state index contributed by atoms with van der Waals surface area (Å²) in [6, 6.07) is 18.1. The smallest absolute Gasteiger partial charge is 0.163 e. The number of benzene rings is 2. The highest BCUT2D eigenvalue weighted by atomic mass is 16.7. The van der Waals surface area contributed by atoms with Crippen molar-refractivity contribution in [1.82, 2.24) is 30.6 Å². The van der Waals surface area contributed by atoms with E-state index in [2.05, 4.69) is 74.1 Å². The van der Waals surface area contributed by atoms with Crippen molar-refractivity contribution in [2.75, 3.05) is 26.3 Å². The van der Waals surface area contributed by atoms with E-state index in [1.807, 2.05) is 6.20 Å². The Labute approximate surface area is 229 Å². The lowest BCUT2D eigenvalue weighted by Crippen LogP contribution is -2.27. The summed E-state index contributed by atoms with van der Waals surface area (Å²) < 4.78 is 11.7. The Bertz CT molecular complexity index is 1380. The Balaban J connectivity index is 1.10. The monoisotopic (exact) mass is 524 g/mol. The van der Waals surface area contributed by atoms with E-state index in [0.29, 0.717) is 12.5 Å². The van der Waals surface area contributed by atoms with Crippen molar-refractivity contribution >= 4 is 0 Å². The molecule has 0 aliphatic carbocycles. The fourth-order valence-corrected chi connectivity index (χ4v) is 5.96. The summed E-state index contributed by atoms with van der Waals surface area (Å²) in [5.41, 5.74) is 7.78. The van der Waals surface area contributed by atoms with E-state index in [4.69, 9.17) is 14.5 Å². The lowest BCUT2D eigenvalue weighted by atomic mass is 10.00. The van der Waals surface area contributed by atoms with Crippen LogP contribution in [0.15, 0.2) is 54.7 Å². The molecule has 3 aliphatic heterocycles. The molecule has 8 nitrogen and oxygen atoms in total. The number of hydrogen-bond donors (Lipinski definition) is 4. The highest BCUT2D eigenvalue weighted by Crippen LogP contribution is 2.31. The molecule has 2 aromatic carbocycles. The molecule has 0 saturated carbocycles. The van der Waals surface area contributed by atoms with Crippen molar-refractivity contribution in [3.63, 3.8) is 0 Å². The van der Waals surface area contributed by atoms with Gasteiger partial charge in [-0.1, -0.05) is 48.5 Å². The topological polar surface area (TPSA) is 99.9 Å². The van der Waals surface area contributed by atoms with Crippen LogP contribution in [-0.2, 0) is 15.9 Å². The summed E-state index contributed by atoms with van der Waals surface area (Å²) in [4.78, 5) is 16.8. The van der Waals surface area contributed by atoms with E-state index in [0.717, 1.165) is 85.4 Å². The van der Waals surface area contributed by atoms with Crippen LogP contribution < -0.4 is 10.6 Å². The highest BCUT2D eigenvalue weighted by molar-refractivity contribution is 5.72. The van der Waals surface area contributed by atoms with Crippen molar-refractivity contribution < 1.29 is 9.47 Å². The number of H-pyrrole nitrogens is 2. The molecule has 3 aliphatic rings. The summed E-state index contributed by atoms with van der Waals surface area (Å²) in [5.74, 6) is 2.05. The number of imidazole rings is 2. The van der Waals surface area contributed by atoms with Crippen molar-refractivity contribution in [2.24, 2.45) is 0 Å².